The molecule has 0 aliphatic rings. The Morgan fingerprint density at radius 1 is 1.29 bits per heavy atom. The molecule has 0 saturated carbocycles. The highest BCUT2D eigenvalue weighted by Crippen LogP contribution is 2.39. The van der Waals surface area contributed by atoms with Crippen molar-refractivity contribution >= 4 is 0 Å². The van der Waals surface area contributed by atoms with Gasteiger partial charge >= 0.3 is 0 Å². The number of H-pyrrole nitrogens is 1. The molecular formula is C13H16N2O2. The molecule has 1 heterocycles. The minimum atomic E-state index is 0.622. The van der Waals surface area contributed by atoms with E-state index < -0.39 is 0 Å². The van der Waals surface area contributed by atoms with Crippen LogP contribution in [0.1, 0.15) is 12.6 Å². The number of methoxy groups -OCH3 is 1. The molecule has 0 spiro atoms. The van der Waals surface area contributed by atoms with Gasteiger partial charge in [-0.25, -0.2) is 0 Å². The monoisotopic (exact) mass is 232 g/mol. The van der Waals surface area contributed by atoms with Gasteiger partial charge in [0, 0.05) is 11.3 Å². The number of hydrogen-bond acceptors (Lipinski definition) is 3. The van der Waals surface area contributed by atoms with Gasteiger partial charge in [-0.05, 0) is 26.0 Å². The lowest BCUT2D eigenvalue weighted by Crippen LogP contribution is -1.96. The SMILES string of the molecule is CCOc1cccc(OC)c1-c1cn[nH]c1C. The first kappa shape index (κ1) is 11.5. The molecule has 0 amide bonds. The summed E-state index contributed by atoms with van der Waals surface area (Å²) in [5.41, 5.74) is 2.95. The summed E-state index contributed by atoms with van der Waals surface area (Å²) in [6.07, 6.45) is 1.79. The number of hydrogen-bond donors (Lipinski definition) is 1. The van der Waals surface area contributed by atoms with Gasteiger partial charge in [-0.3, -0.25) is 5.10 Å². The van der Waals surface area contributed by atoms with Crippen molar-refractivity contribution in [3.8, 4) is 22.6 Å². The van der Waals surface area contributed by atoms with Crippen molar-refractivity contribution in [2.45, 2.75) is 13.8 Å². The highest BCUT2D eigenvalue weighted by atomic mass is 16.5. The first-order valence-corrected chi connectivity index (χ1v) is 5.58. The average molecular weight is 232 g/mol. The Morgan fingerprint density at radius 3 is 2.65 bits per heavy atom. The second kappa shape index (κ2) is 4.91. The van der Waals surface area contributed by atoms with Crippen LogP contribution in [0.2, 0.25) is 0 Å². The van der Waals surface area contributed by atoms with Gasteiger partial charge < -0.3 is 9.47 Å². The molecule has 0 unspecified atom stereocenters. The molecule has 0 aliphatic heterocycles. The highest BCUT2D eigenvalue weighted by Gasteiger charge is 2.15. The second-order valence-corrected chi connectivity index (χ2v) is 3.68. The average Bonchev–Trinajstić information content (AvgIpc) is 2.75. The van der Waals surface area contributed by atoms with Crippen LogP contribution in [-0.4, -0.2) is 23.9 Å². The van der Waals surface area contributed by atoms with Gasteiger partial charge in [0.05, 0.1) is 25.5 Å². The lowest BCUT2D eigenvalue weighted by atomic mass is 10.0. The van der Waals surface area contributed by atoms with Crippen LogP contribution in [0.25, 0.3) is 11.1 Å². The zero-order chi connectivity index (χ0) is 12.3. The Kier molecular flexibility index (Phi) is 3.32. The zero-order valence-electron chi connectivity index (χ0n) is 10.3. The number of benzene rings is 1. The minimum Gasteiger partial charge on any atom is -0.496 e. The molecule has 90 valence electrons. The van der Waals surface area contributed by atoms with Crippen LogP contribution in [0.5, 0.6) is 11.5 Å². The quantitative estimate of drug-likeness (QED) is 0.881. The van der Waals surface area contributed by atoms with Gasteiger partial charge in [-0.2, -0.15) is 5.10 Å². The molecule has 1 aromatic carbocycles. The zero-order valence-corrected chi connectivity index (χ0v) is 10.3. The van der Waals surface area contributed by atoms with Crippen molar-refractivity contribution in [3.63, 3.8) is 0 Å². The molecule has 0 atom stereocenters. The van der Waals surface area contributed by atoms with Gasteiger partial charge in [0.2, 0.25) is 0 Å². The molecule has 1 N–H and O–H groups in total. The summed E-state index contributed by atoms with van der Waals surface area (Å²) in [6.45, 7) is 4.56. The van der Waals surface area contributed by atoms with E-state index in [-0.39, 0.29) is 0 Å². The second-order valence-electron chi connectivity index (χ2n) is 3.68. The topological polar surface area (TPSA) is 47.1 Å². The Labute approximate surface area is 101 Å². The minimum absolute atomic E-state index is 0.622. The van der Waals surface area contributed by atoms with E-state index in [2.05, 4.69) is 10.2 Å². The summed E-state index contributed by atoms with van der Waals surface area (Å²) in [6, 6.07) is 5.78. The highest BCUT2D eigenvalue weighted by molar-refractivity contribution is 5.77. The van der Waals surface area contributed by atoms with Crippen molar-refractivity contribution in [2.75, 3.05) is 13.7 Å². The van der Waals surface area contributed by atoms with Crippen molar-refractivity contribution in [1.82, 2.24) is 10.2 Å². The van der Waals surface area contributed by atoms with Crippen LogP contribution < -0.4 is 9.47 Å². The molecule has 1 aromatic heterocycles. The molecule has 0 radical (unpaired) electrons. The number of nitrogens with one attached hydrogen (secondary N) is 1. The predicted molar refractivity (Wildman–Crippen MR) is 66.5 cm³/mol. The molecule has 0 fully saturated rings. The van der Waals surface area contributed by atoms with Crippen molar-refractivity contribution in [2.24, 2.45) is 0 Å². The van der Waals surface area contributed by atoms with E-state index in [9.17, 15) is 0 Å². The molecule has 0 aliphatic carbocycles. The van der Waals surface area contributed by atoms with Gasteiger partial charge in [0.25, 0.3) is 0 Å². The van der Waals surface area contributed by atoms with E-state index in [1.54, 1.807) is 13.3 Å². The Morgan fingerprint density at radius 2 is 2.06 bits per heavy atom. The maximum Gasteiger partial charge on any atom is 0.130 e. The standard InChI is InChI=1S/C13H16N2O2/c1-4-17-12-7-5-6-11(16-3)13(12)10-8-14-15-9(10)2/h5-8H,4H2,1-3H3,(H,14,15). The van der Waals surface area contributed by atoms with Gasteiger partial charge in [0.1, 0.15) is 11.5 Å². The number of ether oxygens (including phenoxy) is 2. The smallest absolute Gasteiger partial charge is 0.130 e. The summed E-state index contributed by atoms with van der Waals surface area (Å²) in [4.78, 5) is 0. The van der Waals surface area contributed by atoms with Crippen molar-refractivity contribution in [1.29, 1.82) is 0 Å². The number of rotatable bonds is 4. The van der Waals surface area contributed by atoms with Crippen LogP contribution in [0.15, 0.2) is 24.4 Å². The van der Waals surface area contributed by atoms with E-state index in [0.29, 0.717) is 6.61 Å². The summed E-state index contributed by atoms with van der Waals surface area (Å²) < 4.78 is 11.0. The molecular weight excluding hydrogens is 216 g/mol. The van der Waals surface area contributed by atoms with Crippen LogP contribution in [0, 0.1) is 6.92 Å². The first-order valence-electron chi connectivity index (χ1n) is 5.58. The van der Waals surface area contributed by atoms with E-state index in [0.717, 1.165) is 28.3 Å². The lowest BCUT2D eigenvalue weighted by molar-refractivity contribution is 0.338. The Hall–Kier alpha value is -1.97. The number of aromatic amines is 1. The fourth-order valence-corrected chi connectivity index (χ4v) is 1.83. The summed E-state index contributed by atoms with van der Waals surface area (Å²) >= 11 is 0. The molecule has 0 saturated heterocycles. The van der Waals surface area contributed by atoms with Gasteiger partial charge in [0.15, 0.2) is 0 Å². The molecule has 2 aromatic rings. The molecule has 17 heavy (non-hydrogen) atoms. The molecule has 2 rings (SSSR count). The largest absolute Gasteiger partial charge is 0.496 e. The van der Waals surface area contributed by atoms with Crippen molar-refractivity contribution in [3.05, 3.63) is 30.1 Å². The third-order valence-electron chi connectivity index (χ3n) is 2.61. The van der Waals surface area contributed by atoms with E-state index in [1.807, 2.05) is 32.0 Å². The number of nitrogens with zero attached hydrogens (tertiary/aromatic N) is 1. The Bertz CT molecular complexity index is 506. The van der Waals surface area contributed by atoms with Gasteiger partial charge in [-0.1, -0.05) is 6.07 Å². The third-order valence-corrected chi connectivity index (χ3v) is 2.61. The summed E-state index contributed by atoms with van der Waals surface area (Å²) in [5, 5.41) is 6.97. The van der Waals surface area contributed by atoms with Crippen LogP contribution in [-0.2, 0) is 0 Å². The normalized spacial score (nSPS) is 10.3. The van der Waals surface area contributed by atoms with Crippen LogP contribution in [0.3, 0.4) is 0 Å². The molecule has 0 bridgehead atoms. The fraction of sp³-hybridized carbons (Fsp3) is 0.308. The van der Waals surface area contributed by atoms with E-state index in [4.69, 9.17) is 9.47 Å². The Balaban J connectivity index is 2.60. The van der Waals surface area contributed by atoms with Gasteiger partial charge in [-0.15, -0.1) is 0 Å². The predicted octanol–water partition coefficient (Wildman–Crippen LogP) is 2.79. The maximum atomic E-state index is 5.64. The van der Waals surface area contributed by atoms with Crippen LogP contribution >= 0.6 is 0 Å². The first-order chi connectivity index (χ1) is 8.27. The van der Waals surface area contributed by atoms with Crippen molar-refractivity contribution < 1.29 is 9.47 Å². The number of aromatic nitrogens is 2. The lowest BCUT2D eigenvalue weighted by Gasteiger charge is -2.13. The third kappa shape index (κ3) is 2.11. The van der Waals surface area contributed by atoms with E-state index in [1.165, 1.54) is 0 Å². The fourth-order valence-electron chi connectivity index (χ4n) is 1.83. The maximum absolute atomic E-state index is 5.64. The van der Waals surface area contributed by atoms with E-state index >= 15 is 0 Å². The molecule has 4 heteroatoms. The summed E-state index contributed by atoms with van der Waals surface area (Å²) in [7, 11) is 1.66. The van der Waals surface area contributed by atoms with Crippen LogP contribution in [0.4, 0.5) is 0 Å². The molecule has 4 nitrogen and oxygen atoms in total. The summed E-state index contributed by atoms with van der Waals surface area (Å²) in [5.74, 6) is 1.61. The number of aryl methyl sites for hydroxylation is 1.